The SMILES string of the molecule is C=CCC1=C[C@]2(O)C[C@H](C(C)(C)O)OC2=C(CC2=C3O[C@@H](C(C)(C)O)C[C@@]3(O)C=C(CC=C)C2=O)C1=O. The van der Waals surface area contributed by atoms with E-state index in [-0.39, 0.29) is 54.8 Å². The minimum Gasteiger partial charge on any atom is -0.488 e. The molecule has 0 unspecified atom stereocenters. The molecule has 0 saturated carbocycles. The van der Waals surface area contributed by atoms with E-state index in [4.69, 9.17) is 9.47 Å². The minimum absolute atomic E-state index is 0.0151. The maximum atomic E-state index is 13.6. The lowest BCUT2D eigenvalue weighted by molar-refractivity contribution is -0.113. The molecule has 4 aliphatic rings. The van der Waals surface area contributed by atoms with Gasteiger partial charge in [-0.15, -0.1) is 13.2 Å². The topological polar surface area (TPSA) is 134 Å². The summed E-state index contributed by atoms with van der Waals surface area (Å²) in [4.78, 5) is 27.2. The molecule has 2 aliphatic heterocycles. The van der Waals surface area contributed by atoms with Gasteiger partial charge in [-0.25, -0.2) is 0 Å². The molecule has 2 fully saturated rings. The predicted molar refractivity (Wildman–Crippen MR) is 136 cm³/mol. The number of ether oxygens (including phenoxy) is 2. The van der Waals surface area contributed by atoms with Crippen molar-refractivity contribution in [1.82, 2.24) is 0 Å². The van der Waals surface area contributed by atoms with Gasteiger partial charge >= 0.3 is 0 Å². The molecule has 200 valence electrons. The summed E-state index contributed by atoms with van der Waals surface area (Å²) < 4.78 is 12.0. The van der Waals surface area contributed by atoms with Gasteiger partial charge in [-0.2, -0.15) is 0 Å². The summed E-state index contributed by atoms with van der Waals surface area (Å²) in [6, 6.07) is 0. The fourth-order valence-electron chi connectivity index (χ4n) is 5.44. The van der Waals surface area contributed by atoms with Gasteiger partial charge in [-0.05, 0) is 52.7 Å². The molecule has 0 amide bonds. The van der Waals surface area contributed by atoms with Crippen molar-refractivity contribution in [1.29, 1.82) is 0 Å². The average Bonchev–Trinajstić information content (AvgIpc) is 3.31. The Morgan fingerprint density at radius 3 is 1.49 bits per heavy atom. The van der Waals surface area contributed by atoms with Crippen molar-refractivity contribution in [2.24, 2.45) is 0 Å². The Labute approximate surface area is 217 Å². The van der Waals surface area contributed by atoms with Crippen LogP contribution in [0, 0.1) is 0 Å². The van der Waals surface area contributed by atoms with E-state index in [1.807, 2.05) is 0 Å². The normalized spacial score (nSPS) is 31.9. The number of carbonyl (C=O) groups is 2. The van der Waals surface area contributed by atoms with Crippen LogP contribution in [0.3, 0.4) is 0 Å². The first-order valence-electron chi connectivity index (χ1n) is 12.5. The number of rotatable bonds is 8. The number of hydrogen-bond acceptors (Lipinski definition) is 8. The molecule has 2 heterocycles. The number of allylic oxidation sites excluding steroid dienone is 6. The highest BCUT2D eigenvalue weighted by Gasteiger charge is 2.55. The Balaban J connectivity index is 1.86. The zero-order valence-electron chi connectivity index (χ0n) is 21.8. The van der Waals surface area contributed by atoms with Gasteiger partial charge in [-0.1, -0.05) is 12.2 Å². The second-order valence-electron chi connectivity index (χ2n) is 11.6. The highest BCUT2D eigenvalue weighted by Crippen LogP contribution is 2.49. The second-order valence-corrected chi connectivity index (χ2v) is 11.6. The number of carbonyl (C=O) groups excluding carboxylic acids is 2. The van der Waals surface area contributed by atoms with Crippen molar-refractivity contribution in [2.75, 3.05) is 0 Å². The smallest absolute Gasteiger partial charge is 0.188 e. The van der Waals surface area contributed by atoms with Gasteiger partial charge in [0, 0.05) is 41.6 Å². The van der Waals surface area contributed by atoms with E-state index in [0.29, 0.717) is 11.1 Å². The molecule has 2 aliphatic carbocycles. The molecule has 4 N–H and O–H groups in total. The first-order chi connectivity index (χ1) is 17.0. The van der Waals surface area contributed by atoms with Crippen LogP contribution in [-0.2, 0) is 19.1 Å². The molecule has 8 nitrogen and oxygen atoms in total. The Bertz CT molecular complexity index is 1090. The predicted octanol–water partition coefficient (Wildman–Crippen LogP) is 2.64. The zero-order chi connectivity index (χ0) is 27.6. The van der Waals surface area contributed by atoms with E-state index in [9.17, 15) is 30.0 Å². The highest BCUT2D eigenvalue weighted by molar-refractivity contribution is 6.15. The second kappa shape index (κ2) is 8.91. The van der Waals surface area contributed by atoms with Gasteiger partial charge in [0.25, 0.3) is 0 Å². The van der Waals surface area contributed by atoms with Crippen molar-refractivity contribution >= 4 is 11.6 Å². The third-order valence-electron chi connectivity index (χ3n) is 7.46. The van der Waals surface area contributed by atoms with Crippen molar-refractivity contribution < 1.29 is 39.5 Å². The van der Waals surface area contributed by atoms with Crippen LogP contribution in [0.4, 0.5) is 0 Å². The first-order valence-corrected chi connectivity index (χ1v) is 12.5. The van der Waals surface area contributed by atoms with E-state index in [1.165, 1.54) is 12.2 Å². The quantitative estimate of drug-likeness (QED) is 0.365. The number of fused-ring (bicyclic) bond motifs is 2. The molecule has 0 bridgehead atoms. The lowest BCUT2D eigenvalue weighted by Gasteiger charge is -2.30. The summed E-state index contributed by atoms with van der Waals surface area (Å²) in [6.45, 7) is 13.6. The van der Waals surface area contributed by atoms with Crippen molar-refractivity contribution in [2.45, 2.75) is 94.4 Å². The van der Waals surface area contributed by atoms with Gasteiger partial charge in [-0.3, -0.25) is 9.59 Å². The van der Waals surface area contributed by atoms with Crippen LogP contribution in [0.15, 0.2) is 71.3 Å². The number of ketones is 2. The molecular weight excluding hydrogens is 476 g/mol. The summed E-state index contributed by atoms with van der Waals surface area (Å²) in [5, 5.41) is 44.3. The van der Waals surface area contributed by atoms with Crippen LogP contribution in [0.25, 0.3) is 0 Å². The summed E-state index contributed by atoms with van der Waals surface area (Å²) in [5.74, 6) is -0.869. The molecule has 0 radical (unpaired) electrons. The summed E-state index contributed by atoms with van der Waals surface area (Å²) in [5.41, 5.74) is -5.22. The molecule has 37 heavy (non-hydrogen) atoms. The largest absolute Gasteiger partial charge is 0.488 e. The fraction of sp³-hybridized carbons (Fsp3) is 0.517. The van der Waals surface area contributed by atoms with Gasteiger partial charge in [0.05, 0.1) is 11.2 Å². The summed E-state index contributed by atoms with van der Waals surface area (Å²) in [6.07, 6.45) is 4.52. The molecule has 8 heteroatoms. The number of hydrogen-bond donors (Lipinski definition) is 4. The lowest BCUT2D eigenvalue weighted by Crippen LogP contribution is -2.38. The van der Waals surface area contributed by atoms with Crippen molar-refractivity contribution in [3.05, 3.63) is 71.3 Å². The molecule has 0 aromatic carbocycles. The highest BCUT2D eigenvalue weighted by atomic mass is 16.5. The average molecular weight is 513 g/mol. The minimum atomic E-state index is -1.66. The molecule has 0 spiro atoms. The van der Waals surface area contributed by atoms with Crippen LogP contribution in [0.1, 0.15) is 59.8 Å². The van der Waals surface area contributed by atoms with Gasteiger partial charge in [0.15, 0.2) is 11.6 Å². The molecular formula is C29H36O8. The Hall–Kier alpha value is -2.78. The standard InChI is InChI=1S/C29H36O8/c1-7-9-16-12-28(34)14-20(26(3,4)32)36-24(28)18(22(16)30)11-19-23(31)17(10-8-2)13-29(35)15-21(27(5,6)33)37-25(19)29/h7-8,12-13,20-21,32-35H,1-2,9-11,14-15H2,3-6H3/t20-,21-,28+,29+/m1/s1. The van der Waals surface area contributed by atoms with Crippen molar-refractivity contribution in [3.8, 4) is 0 Å². The third-order valence-corrected chi connectivity index (χ3v) is 7.46. The number of aliphatic hydroxyl groups is 4. The monoisotopic (exact) mass is 512 g/mol. The van der Waals surface area contributed by atoms with E-state index in [1.54, 1.807) is 39.8 Å². The van der Waals surface area contributed by atoms with E-state index >= 15 is 0 Å². The van der Waals surface area contributed by atoms with Crippen LogP contribution in [0.2, 0.25) is 0 Å². The lowest BCUT2D eigenvalue weighted by atomic mass is 9.76. The van der Waals surface area contributed by atoms with Crippen LogP contribution < -0.4 is 0 Å². The van der Waals surface area contributed by atoms with E-state index < -0.39 is 46.2 Å². The number of Topliss-reactive ketones (excluding diaryl/α,β-unsaturated/α-hetero) is 2. The van der Waals surface area contributed by atoms with Gasteiger partial charge in [0.1, 0.15) is 34.9 Å². The molecule has 0 aromatic heterocycles. The third kappa shape index (κ3) is 4.68. The van der Waals surface area contributed by atoms with E-state index in [2.05, 4.69) is 13.2 Å². The molecule has 2 saturated heterocycles. The maximum Gasteiger partial charge on any atom is 0.188 e. The molecule has 4 rings (SSSR count). The zero-order valence-corrected chi connectivity index (χ0v) is 21.8. The maximum absolute atomic E-state index is 13.6. The Morgan fingerprint density at radius 1 is 0.838 bits per heavy atom. The van der Waals surface area contributed by atoms with E-state index in [0.717, 1.165) is 0 Å². The van der Waals surface area contributed by atoms with Crippen LogP contribution in [-0.4, -0.2) is 66.6 Å². The van der Waals surface area contributed by atoms with Gasteiger partial charge in [0.2, 0.25) is 0 Å². The first kappa shape index (κ1) is 27.3. The Kier molecular flexibility index (Phi) is 6.56. The van der Waals surface area contributed by atoms with Crippen molar-refractivity contribution in [3.63, 3.8) is 0 Å². The Morgan fingerprint density at radius 2 is 1.19 bits per heavy atom. The molecule has 0 aromatic rings. The summed E-state index contributed by atoms with van der Waals surface area (Å²) in [7, 11) is 0. The summed E-state index contributed by atoms with van der Waals surface area (Å²) >= 11 is 0. The van der Waals surface area contributed by atoms with Crippen LogP contribution >= 0.6 is 0 Å². The van der Waals surface area contributed by atoms with Gasteiger partial charge < -0.3 is 29.9 Å². The van der Waals surface area contributed by atoms with Crippen LogP contribution in [0.5, 0.6) is 0 Å². The fourth-order valence-corrected chi connectivity index (χ4v) is 5.44. The molecule has 4 atom stereocenters.